The number of rotatable bonds is 6. The highest BCUT2D eigenvalue weighted by Gasteiger charge is 2.50. The Bertz CT molecular complexity index is 1140. The quantitative estimate of drug-likeness (QED) is 0.267. The average Bonchev–Trinajstić information content (AvgIpc) is 3.57. The van der Waals surface area contributed by atoms with Gasteiger partial charge in [-0.15, -0.1) is 0 Å². The maximum Gasteiger partial charge on any atom is 0.327 e. The second-order valence-corrected chi connectivity index (χ2v) is 8.84. The lowest BCUT2D eigenvalue weighted by molar-refractivity contribution is -0.145. The number of carbonyl (C=O) groups excluding carboxylic acids is 1. The minimum atomic E-state index is -0.684. The van der Waals surface area contributed by atoms with Crippen LogP contribution in [0.1, 0.15) is 22.3 Å². The summed E-state index contributed by atoms with van der Waals surface area (Å²) in [6.45, 7) is 0.615. The Kier molecular flexibility index (Phi) is 5.95. The first-order valence-corrected chi connectivity index (χ1v) is 11.9. The van der Waals surface area contributed by atoms with Crippen molar-refractivity contribution in [2.75, 3.05) is 13.7 Å². The van der Waals surface area contributed by atoms with Crippen LogP contribution >= 0.6 is 11.3 Å². The molecule has 4 aromatic rings. The second-order valence-electron chi connectivity index (χ2n) is 8.06. The van der Waals surface area contributed by atoms with Gasteiger partial charge in [0.1, 0.15) is 6.04 Å². The molecular weight excluding hydrogens is 426 g/mol. The van der Waals surface area contributed by atoms with Crippen LogP contribution in [0.5, 0.6) is 0 Å². The molecule has 33 heavy (non-hydrogen) atoms. The molecule has 1 aliphatic heterocycles. The van der Waals surface area contributed by atoms with Crippen LogP contribution in [-0.2, 0) is 15.1 Å². The minimum Gasteiger partial charge on any atom is -0.468 e. The lowest BCUT2D eigenvalue weighted by Crippen LogP contribution is -2.54. The van der Waals surface area contributed by atoms with E-state index in [1.807, 2.05) is 23.6 Å². The average molecular weight is 452 g/mol. The van der Waals surface area contributed by atoms with Crippen molar-refractivity contribution in [2.45, 2.75) is 11.6 Å². The number of benzene rings is 3. The summed E-state index contributed by atoms with van der Waals surface area (Å²) in [5, 5.41) is 4.15. The van der Waals surface area contributed by atoms with Crippen LogP contribution < -0.4 is 0 Å². The number of hydrogen-bond acceptors (Lipinski definition) is 4. The fraction of sp³-hybridized carbons (Fsp3) is 0.138. The summed E-state index contributed by atoms with van der Waals surface area (Å²) < 4.78 is 5.38. The number of thiophene rings is 1. The summed E-state index contributed by atoms with van der Waals surface area (Å²) in [4.78, 5) is 15.7. The van der Waals surface area contributed by atoms with Gasteiger partial charge in [0.05, 0.1) is 12.6 Å². The molecule has 1 atom stereocenters. The smallest absolute Gasteiger partial charge is 0.327 e. The second kappa shape index (κ2) is 9.18. The van der Waals surface area contributed by atoms with E-state index in [9.17, 15) is 4.79 Å². The Morgan fingerprint density at radius 3 is 1.79 bits per heavy atom. The Hall–Kier alpha value is -3.47. The molecule has 4 heteroatoms. The van der Waals surface area contributed by atoms with Crippen molar-refractivity contribution in [2.24, 2.45) is 0 Å². The SMILES string of the molecule is COC(=O)[C@@H]1C(c2ccsc2)=CCN1C(c1ccccc1)(c1ccccc1)c1ccccc1. The monoisotopic (exact) mass is 451 g/mol. The molecule has 1 aromatic heterocycles. The van der Waals surface area contributed by atoms with Crippen molar-refractivity contribution >= 4 is 22.9 Å². The maximum absolute atomic E-state index is 13.4. The van der Waals surface area contributed by atoms with Crippen LogP contribution in [0.2, 0.25) is 0 Å². The highest BCUT2D eigenvalue weighted by Crippen LogP contribution is 2.47. The molecule has 2 heterocycles. The number of nitrogens with zero attached hydrogens (tertiary/aromatic N) is 1. The van der Waals surface area contributed by atoms with Gasteiger partial charge in [-0.05, 0) is 44.7 Å². The molecular formula is C29H25NO2S. The topological polar surface area (TPSA) is 29.5 Å². The molecule has 0 aliphatic carbocycles. The third-order valence-electron chi connectivity index (χ3n) is 6.40. The third-order valence-corrected chi connectivity index (χ3v) is 7.08. The summed E-state index contributed by atoms with van der Waals surface area (Å²) in [6, 6.07) is 32.9. The Balaban J connectivity index is 1.80. The molecule has 0 spiro atoms. The summed E-state index contributed by atoms with van der Waals surface area (Å²) in [7, 11) is 1.47. The molecule has 0 saturated heterocycles. The maximum atomic E-state index is 13.4. The van der Waals surface area contributed by atoms with Gasteiger partial charge < -0.3 is 4.74 Å². The van der Waals surface area contributed by atoms with Crippen molar-refractivity contribution in [3.63, 3.8) is 0 Å². The highest BCUT2D eigenvalue weighted by molar-refractivity contribution is 7.08. The number of methoxy groups -OCH3 is 1. The van der Waals surface area contributed by atoms with Crippen LogP contribution in [-0.4, -0.2) is 30.6 Å². The predicted molar refractivity (Wildman–Crippen MR) is 134 cm³/mol. The summed E-state index contributed by atoms with van der Waals surface area (Å²) >= 11 is 1.63. The highest BCUT2D eigenvalue weighted by atomic mass is 32.1. The molecule has 0 unspecified atom stereocenters. The molecule has 0 radical (unpaired) electrons. The molecule has 0 fully saturated rings. The lowest BCUT2D eigenvalue weighted by atomic mass is 9.75. The van der Waals surface area contributed by atoms with E-state index in [2.05, 4.69) is 95.2 Å². The van der Waals surface area contributed by atoms with Gasteiger partial charge in [0.2, 0.25) is 0 Å². The van der Waals surface area contributed by atoms with Crippen molar-refractivity contribution in [3.8, 4) is 0 Å². The fourth-order valence-corrected chi connectivity index (χ4v) is 5.68. The number of carbonyl (C=O) groups is 1. The zero-order valence-electron chi connectivity index (χ0n) is 18.4. The molecule has 164 valence electrons. The van der Waals surface area contributed by atoms with Gasteiger partial charge in [-0.3, -0.25) is 4.90 Å². The normalized spacial score (nSPS) is 16.4. The summed E-state index contributed by atoms with van der Waals surface area (Å²) in [6.07, 6.45) is 2.17. The molecule has 0 bridgehead atoms. The van der Waals surface area contributed by atoms with Gasteiger partial charge in [0.15, 0.2) is 0 Å². The van der Waals surface area contributed by atoms with Crippen molar-refractivity contribution < 1.29 is 9.53 Å². The predicted octanol–water partition coefficient (Wildman–Crippen LogP) is 5.98. The van der Waals surface area contributed by atoms with E-state index in [-0.39, 0.29) is 5.97 Å². The largest absolute Gasteiger partial charge is 0.468 e. The van der Waals surface area contributed by atoms with E-state index in [0.29, 0.717) is 6.54 Å². The van der Waals surface area contributed by atoms with Crippen LogP contribution in [0.15, 0.2) is 114 Å². The van der Waals surface area contributed by atoms with Gasteiger partial charge in [0, 0.05) is 6.54 Å². The number of hydrogen-bond donors (Lipinski definition) is 0. The van der Waals surface area contributed by atoms with Crippen LogP contribution in [0.4, 0.5) is 0 Å². The van der Waals surface area contributed by atoms with E-state index in [1.165, 1.54) is 7.11 Å². The van der Waals surface area contributed by atoms with E-state index in [0.717, 1.165) is 27.8 Å². The fourth-order valence-electron chi connectivity index (χ4n) is 5.02. The summed E-state index contributed by atoms with van der Waals surface area (Å²) in [5.74, 6) is -0.253. The first kappa shape index (κ1) is 21.4. The molecule has 0 N–H and O–H groups in total. The van der Waals surface area contributed by atoms with Gasteiger partial charge in [-0.2, -0.15) is 11.3 Å². The van der Waals surface area contributed by atoms with Crippen LogP contribution in [0.25, 0.3) is 5.57 Å². The standard InChI is InChI=1S/C29H25NO2S/c1-32-28(31)27-26(22-18-20-33-21-22)17-19-30(27)29(23-11-5-2-6-12-23,24-13-7-3-8-14-24)25-15-9-4-10-16-25/h2-18,20-21,27H,19H2,1H3/t27-/m0/s1. The Morgan fingerprint density at radius 1 is 0.848 bits per heavy atom. The van der Waals surface area contributed by atoms with E-state index >= 15 is 0 Å². The van der Waals surface area contributed by atoms with Gasteiger partial charge in [0.25, 0.3) is 0 Å². The lowest BCUT2D eigenvalue weighted by Gasteiger charge is -2.46. The molecule has 0 saturated carbocycles. The van der Waals surface area contributed by atoms with E-state index in [1.54, 1.807) is 11.3 Å². The van der Waals surface area contributed by atoms with Gasteiger partial charge >= 0.3 is 5.97 Å². The first-order valence-electron chi connectivity index (χ1n) is 11.0. The van der Waals surface area contributed by atoms with E-state index in [4.69, 9.17) is 4.74 Å². The van der Waals surface area contributed by atoms with E-state index < -0.39 is 11.6 Å². The Labute approximate surface area is 198 Å². The molecule has 5 rings (SSSR count). The molecule has 1 aliphatic rings. The Morgan fingerprint density at radius 2 is 1.36 bits per heavy atom. The van der Waals surface area contributed by atoms with Crippen molar-refractivity contribution in [1.29, 1.82) is 0 Å². The molecule has 3 aromatic carbocycles. The van der Waals surface area contributed by atoms with Crippen molar-refractivity contribution in [3.05, 3.63) is 136 Å². The summed E-state index contributed by atoms with van der Waals surface area (Å²) in [5.41, 5.74) is 4.71. The van der Waals surface area contributed by atoms with Gasteiger partial charge in [-0.25, -0.2) is 4.79 Å². The third kappa shape index (κ3) is 3.62. The van der Waals surface area contributed by atoms with Gasteiger partial charge in [-0.1, -0.05) is 97.1 Å². The van der Waals surface area contributed by atoms with Crippen LogP contribution in [0, 0.1) is 0 Å². The van der Waals surface area contributed by atoms with Crippen molar-refractivity contribution in [1.82, 2.24) is 4.90 Å². The molecule has 0 amide bonds. The zero-order valence-corrected chi connectivity index (χ0v) is 19.2. The zero-order chi connectivity index (χ0) is 22.7. The minimum absolute atomic E-state index is 0.253. The number of ether oxygens (including phenoxy) is 1. The van der Waals surface area contributed by atoms with Crippen LogP contribution in [0.3, 0.4) is 0 Å². The molecule has 3 nitrogen and oxygen atoms in total. The first-order chi connectivity index (χ1) is 16.3. The number of esters is 1.